The van der Waals surface area contributed by atoms with Crippen molar-refractivity contribution in [3.8, 4) is 0 Å². The summed E-state index contributed by atoms with van der Waals surface area (Å²) in [6.07, 6.45) is 3.89. The Balaban J connectivity index is 1.56. The quantitative estimate of drug-likeness (QED) is 0.347. The number of hydrogen-bond donors (Lipinski definition) is 0. The van der Waals surface area contributed by atoms with Crippen molar-refractivity contribution in [2.45, 2.75) is 13.5 Å². The van der Waals surface area contributed by atoms with Crippen molar-refractivity contribution in [3.05, 3.63) is 113 Å². The molecule has 5 rings (SSSR count). The summed E-state index contributed by atoms with van der Waals surface area (Å²) in [6.45, 7) is 2.73. The van der Waals surface area contributed by atoms with Gasteiger partial charge in [-0.05, 0) is 36.3 Å². The molecule has 0 unspecified atom stereocenters. The maximum Gasteiger partial charge on any atom is 0.363 e. The number of nitrogens with zero attached hydrogens (tertiary/aromatic N) is 2. The highest BCUT2D eigenvalue weighted by Gasteiger charge is 2.25. The number of para-hydroxylation sites is 1. The highest BCUT2D eigenvalue weighted by Crippen LogP contribution is 2.27. The van der Waals surface area contributed by atoms with Crippen LogP contribution in [0.2, 0.25) is 0 Å². The zero-order valence-corrected chi connectivity index (χ0v) is 16.6. The Morgan fingerprint density at radius 2 is 1.67 bits per heavy atom. The Hall–Kier alpha value is -3.92. The van der Waals surface area contributed by atoms with Gasteiger partial charge < -0.3 is 9.30 Å². The fraction of sp³-hybridized carbons (Fsp3) is 0.0769. The zero-order chi connectivity index (χ0) is 20.5. The van der Waals surface area contributed by atoms with Gasteiger partial charge in [0.2, 0.25) is 5.90 Å². The van der Waals surface area contributed by atoms with Gasteiger partial charge in [0.1, 0.15) is 0 Å². The highest BCUT2D eigenvalue weighted by molar-refractivity contribution is 6.13. The average Bonchev–Trinajstić information content (AvgIpc) is 3.30. The molecule has 0 spiro atoms. The van der Waals surface area contributed by atoms with Gasteiger partial charge in [-0.25, -0.2) is 9.79 Å². The maximum absolute atomic E-state index is 12.5. The smallest absolute Gasteiger partial charge is 0.363 e. The fourth-order valence-corrected chi connectivity index (χ4v) is 3.79. The van der Waals surface area contributed by atoms with Gasteiger partial charge in [-0.1, -0.05) is 66.7 Å². The number of rotatable bonds is 4. The average molecular weight is 392 g/mol. The predicted molar refractivity (Wildman–Crippen MR) is 119 cm³/mol. The number of ether oxygens (including phenoxy) is 1. The van der Waals surface area contributed by atoms with Gasteiger partial charge in [0.15, 0.2) is 5.70 Å². The molecule has 1 aromatic heterocycles. The van der Waals surface area contributed by atoms with Crippen LogP contribution >= 0.6 is 0 Å². The molecule has 146 valence electrons. The Morgan fingerprint density at radius 3 is 2.50 bits per heavy atom. The van der Waals surface area contributed by atoms with Crippen LogP contribution in [0.5, 0.6) is 0 Å². The monoisotopic (exact) mass is 392 g/mol. The summed E-state index contributed by atoms with van der Waals surface area (Å²) in [5, 5.41) is 1.08. The van der Waals surface area contributed by atoms with Crippen LogP contribution in [0.25, 0.3) is 17.0 Å². The lowest BCUT2D eigenvalue weighted by Gasteiger charge is -2.05. The van der Waals surface area contributed by atoms with Crippen molar-refractivity contribution in [2.24, 2.45) is 4.99 Å². The third-order valence-electron chi connectivity index (χ3n) is 5.30. The maximum atomic E-state index is 12.5. The van der Waals surface area contributed by atoms with E-state index in [9.17, 15) is 4.79 Å². The number of hydrogen-bond acceptors (Lipinski definition) is 3. The van der Waals surface area contributed by atoms with Crippen molar-refractivity contribution >= 4 is 28.8 Å². The summed E-state index contributed by atoms with van der Waals surface area (Å²) in [7, 11) is 0. The van der Waals surface area contributed by atoms with E-state index in [2.05, 4.69) is 40.0 Å². The Kier molecular flexibility index (Phi) is 4.52. The highest BCUT2D eigenvalue weighted by atomic mass is 16.6. The molecule has 0 saturated carbocycles. The Labute approximate surface area is 174 Å². The lowest BCUT2D eigenvalue weighted by Crippen LogP contribution is -2.06. The standard InChI is InChI=1S/C26H20N2O2/c1-18-9-5-6-12-21(18)25-27-23(26(29)30-25)15-20-17-28(16-19-10-3-2-4-11-19)24-14-8-7-13-22(20)24/h2-15,17H,16H2,1H3/b23-15+. The SMILES string of the molecule is Cc1ccccc1C1=N/C(=C/c2cn(Cc3ccccc3)c3ccccc23)C(=O)O1. The van der Waals surface area contributed by atoms with E-state index in [0.29, 0.717) is 11.6 Å². The van der Waals surface area contributed by atoms with Gasteiger partial charge in [0.05, 0.1) is 0 Å². The van der Waals surface area contributed by atoms with Gasteiger partial charge in [-0.2, -0.15) is 0 Å². The van der Waals surface area contributed by atoms with E-state index >= 15 is 0 Å². The van der Waals surface area contributed by atoms with E-state index in [4.69, 9.17) is 4.74 Å². The number of aliphatic imine (C=N–C) groups is 1. The van der Waals surface area contributed by atoms with Gasteiger partial charge in [-0.3, -0.25) is 0 Å². The molecule has 1 aliphatic rings. The zero-order valence-electron chi connectivity index (χ0n) is 16.6. The second-order valence-corrected chi connectivity index (χ2v) is 7.37. The van der Waals surface area contributed by atoms with Crippen LogP contribution in [0.1, 0.15) is 22.3 Å². The van der Waals surface area contributed by atoms with Crippen LogP contribution in [0, 0.1) is 6.92 Å². The molecule has 2 heterocycles. The summed E-state index contributed by atoms with van der Waals surface area (Å²) in [4.78, 5) is 17.0. The van der Waals surface area contributed by atoms with E-state index < -0.39 is 5.97 Å². The van der Waals surface area contributed by atoms with E-state index in [-0.39, 0.29) is 0 Å². The van der Waals surface area contributed by atoms with Crippen LogP contribution in [0.4, 0.5) is 0 Å². The molecule has 4 nitrogen and oxygen atoms in total. The normalized spacial score (nSPS) is 14.9. The number of cyclic esters (lactones) is 1. The van der Waals surface area contributed by atoms with E-state index in [1.165, 1.54) is 5.56 Å². The Morgan fingerprint density at radius 1 is 0.933 bits per heavy atom. The molecular weight excluding hydrogens is 372 g/mol. The summed E-state index contributed by atoms with van der Waals surface area (Å²) < 4.78 is 7.66. The first-order chi connectivity index (χ1) is 14.7. The summed E-state index contributed by atoms with van der Waals surface area (Å²) >= 11 is 0. The predicted octanol–water partition coefficient (Wildman–Crippen LogP) is 5.34. The summed E-state index contributed by atoms with van der Waals surface area (Å²) in [5.74, 6) is -0.0643. The molecule has 30 heavy (non-hydrogen) atoms. The van der Waals surface area contributed by atoms with Crippen LogP contribution in [0.15, 0.2) is 95.7 Å². The molecule has 4 heteroatoms. The van der Waals surface area contributed by atoms with E-state index in [1.54, 1.807) is 0 Å². The number of carbonyl (C=O) groups is 1. The first kappa shape index (κ1) is 18.1. The number of fused-ring (bicyclic) bond motifs is 1. The van der Waals surface area contributed by atoms with Crippen LogP contribution in [0.3, 0.4) is 0 Å². The largest absolute Gasteiger partial charge is 0.402 e. The molecule has 0 bridgehead atoms. The molecule has 0 saturated heterocycles. The van der Waals surface area contributed by atoms with Gasteiger partial charge in [0, 0.05) is 34.8 Å². The molecule has 0 fully saturated rings. The second kappa shape index (κ2) is 7.48. The number of aryl methyl sites for hydroxylation is 1. The van der Waals surface area contributed by atoms with Crippen molar-refractivity contribution in [1.29, 1.82) is 0 Å². The topological polar surface area (TPSA) is 43.6 Å². The van der Waals surface area contributed by atoms with Crippen molar-refractivity contribution in [2.75, 3.05) is 0 Å². The lowest BCUT2D eigenvalue weighted by atomic mass is 10.1. The number of aromatic nitrogens is 1. The third kappa shape index (κ3) is 3.33. The van der Waals surface area contributed by atoms with Crippen LogP contribution < -0.4 is 0 Å². The summed E-state index contributed by atoms with van der Waals surface area (Å²) in [5.41, 5.74) is 5.45. The van der Waals surface area contributed by atoms with Crippen LogP contribution in [-0.4, -0.2) is 16.4 Å². The molecule has 0 aliphatic carbocycles. The minimum atomic E-state index is -0.423. The first-order valence-electron chi connectivity index (χ1n) is 9.89. The van der Waals surface area contributed by atoms with Gasteiger partial charge >= 0.3 is 5.97 Å². The van der Waals surface area contributed by atoms with E-state index in [1.807, 2.05) is 67.6 Å². The van der Waals surface area contributed by atoms with Gasteiger partial charge in [-0.15, -0.1) is 0 Å². The molecule has 0 amide bonds. The van der Waals surface area contributed by atoms with Crippen molar-refractivity contribution in [3.63, 3.8) is 0 Å². The molecular formula is C26H20N2O2. The molecule has 0 radical (unpaired) electrons. The number of carbonyl (C=O) groups excluding carboxylic acids is 1. The minimum Gasteiger partial charge on any atom is -0.402 e. The molecule has 3 aromatic carbocycles. The lowest BCUT2D eigenvalue weighted by molar-refractivity contribution is -0.129. The number of esters is 1. The van der Waals surface area contributed by atoms with Crippen LogP contribution in [-0.2, 0) is 16.1 Å². The molecule has 0 N–H and O–H groups in total. The van der Waals surface area contributed by atoms with Gasteiger partial charge in [0.25, 0.3) is 0 Å². The first-order valence-corrected chi connectivity index (χ1v) is 9.89. The van der Waals surface area contributed by atoms with Crippen molar-refractivity contribution < 1.29 is 9.53 Å². The molecule has 1 aliphatic heterocycles. The number of benzene rings is 3. The van der Waals surface area contributed by atoms with Crippen molar-refractivity contribution in [1.82, 2.24) is 4.57 Å². The third-order valence-corrected chi connectivity index (χ3v) is 5.30. The minimum absolute atomic E-state index is 0.316. The summed E-state index contributed by atoms with van der Waals surface area (Å²) in [6, 6.07) is 26.3. The van der Waals surface area contributed by atoms with E-state index in [0.717, 1.165) is 34.1 Å². The molecule has 0 atom stereocenters. The second-order valence-electron chi connectivity index (χ2n) is 7.37. The molecule has 4 aromatic rings. The Bertz CT molecular complexity index is 1310. The fourth-order valence-electron chi connectivity index (χ4n) is 3.79.